The van der Waals surface area contributed by atoms with E-state index in [9.17, 15) is 4.39 Å². The van der Waals surface area contributed by atoms with E-state index >= 15 is 0 Å². The van der Waals surface area contributed by atoms with Crippen LogP contribution in [0, 0.1) is 5.82 Å². The van der Waals surface area contributed by atoms with Crippen molar-refractivity contribution in [1.29, 1.82) is 0 Å². The summed E-state index contributed by atoms with van der Waals surface area (Å²) in [5.74, 6) is -0.300. The van der Waals surface area contributed by atoms with Crippen molar-refractivity contribution in [3.8, 4) is 0 Å². The zero-order valence-corrected chi connectivity index (χ0v) is 11.9. The molecule has 0 radical (unpaired) electrons. The summed E-state index contributed by atoms with van der Waals surface area (Å²) in [6.45, 7) is 2.37. The van der Waals surface area contributed by atoms with Gasteiger partial charge in [0.2, 0.25) is 0 Å². The van der Waals surface area contributed by atoms with E-state index in [1.807, 2.05) is 13.1 Å². The van der Waals surface area contributed by atoms with Crippen LogP contribution in [0.3, 0.4) is 0 Å². The summed E-state index contributed by atoms with van der Waals surface area (Å²) in [6.07, 6.45) is 2.53. The molecule has 1 saturated heterocycles. The van der Waals surface area contributed by atoms with E-state index in [0.717, 1.165) is 31.6 Å². The van der Waals surface area contributed by atoms with Gasteiger partial charge in [0.25, 0.3) is 0 Å². The summed E-state index contributed by atoms with van der Waals surface area (Å²) in [5, 5.41) is 0. The van der Waals surface area contributed by atoms with Crippen molar-refractivity contribution in [2.75, 3.05) is 20.2 Å². The predicted octanol–water partition coefficient (Wildman–Crippen LogP) is 2.07. The van der Waals surface area contributed by atoms with Crippen molar-refractivity contribution >= 4 is 17.2 Å². The molecular formula is C14H19FN2OS. The lowest BCUT2D eigenvalue weighted by Crippen LogP contribution is -2.28. The monoisotopic (exact) mass is 282 g/mol. The van der Waals surface area contributed by atoms with Crippen LogP contribution >= 0.6 is 12.2 Å². The van der Waals surface area contributed by atoms with Gasteiger partial charge in [-0.25, -0.2) is 4.39 Å². The fourth-order valence-electron chi connectivity index (χ4n) is 2.40. The maximum absolute atomic E-state index is 13.5. The van der Waals surface area contributed by atoms with Gasteiger partial charge in [-0.2, -0.15) is 0 Å². The number of nitrogens with two attached hydrogens (primary N) is 1. The maximum Gasteiger partial charge on any atom is 0.124 e. The number of likely N-dealkylation sites (N-methyl/N-ethyl adjacent to an activating group) is 1. The fraction of sp³-hybridized carbons (Fsp3) is 0.500. The van der Waals surface area contributed by atoms with E-state index in [2.05, 4.69) is 4.90 Å². The van der Waals surface area contributed by atoms with Crippen LogP contribution in [0.2, 0.25) is 0 Å². The van der Waals surface area contributed by atoms with Crippen molar-refractivity contribution in [3.63, 3.8) is 0 Å². The lowest BCUT2D eigenvalue weighted by atomic mass is 10.1. The summed E-state index contributed by atoms with van der Waals surface area (Å²) in [4.78, 5) is 2.36. The average Bonchev–Trinajstić information content (AvgIpc) is 2.80. The van der Waals surface area contributed by atoms with Gasteiger partial charge in [-0.05, 0) is 43.7 Å². The number of ether oxygens (including phenoxy) is 1. The van der Waals surface area contributed by atoms with Gasteiger partial charge in [0, 0.05) is 25.3 Å². The largest absolute Gasteiger partial charge is 0.389 e. The maximum atomic E-state index is 13.5. The molecule has 2 N–H and O–H groups in total. The highest BCUT2D eigenvalue weighted by Crippen LogP contribution is 2.15. The second-order valence-corrected chi connectivity index (χ2v) is 5.48. The highest BCUT2D eigenvalue weighted by Gasteiger charge is 2.17. The smallest absolute Gasteiger partial charge is 0.124 e. The lowest BCUT2D eigenvalue weighted by Gasteiger charge is -2.20. The molecule has 1 atom stereocenters. The minimum atomic E-state index is -0.300. The Labute approximate surface area is 118 Å². The number of halogens is 1. The highest BCUT2D eigenvalue weighted by molar-refractivity contribution is 7.80. The van der Waals surface area contributed by atoms with Crippen molar-refractivity contribution in [1.82, 2.24) is 4.90 Å². The van der Waals surface area contributed by atoms with Crippen molar-refractivity contribution in [2.45, 2.75) is 25.5 Å². The first-order chi connectivity index (χ1) is 9.04. The first-order valence-electron chi connectivity index (χ1n) is 6.44. The second kappa shape index (κ2) is 6.41. The number of hydrogen-bond donors (Lipinski definition) is 1. The van der Waals surface area contributed by atoms with Crippen LogP contribution in [-0.4, -0.2) is 36.2 Å². The van der Waals surface area contributed by atoms with E-state index in [1.165, 1.54) is 12.1 Å². The van der Waals surface area contributed by atoms with Gasteiger partial charge in [0.05, 0.1) is 6.10 Å². The van der Waals surface area contributed by atoms with Crippen LogP contribution in [0.15, 0.2) is 18.2 Å². The molecule has 0 saturated carbocycles. The average molecular weight is 282 g/mol. The fourth-order valence-corrected chi connectivity index (χ4v) is 2.51. The topological polar surface area (TPSA) is 38.5 Å². The standard InChI is InChI=1S/C14H19FN2OS/c1-17(9-13-3-2-4-18-13)8-10-5-11(14(16)19)7-12(15)6-10/h5-7,13H,2-4,8-9H2,1H3,(H2,16,19). The van der Waals surface area contributed by atoms with E-state index in [0.29, 0.717) is 18.2 Å². The second-order valence-electron chi connectivity index (χ2n) is 5.04. The molecule has 0 aromatic heterocycles. The van der Waals surface area contributed by atoms with Gasteiger partial charge in [-0.1, -0.05) is 12.2 Å². The Morgan fingerprint density at radius 1 is 1.53 bits per heavy atom. The summed E-state index contributed by atoms with van der Waals surface area (Å²) in [6, 6.07) is 4.73. The summed E-state index contributed by atoms with van der Waals surface area (Å²) in [7, 11) is 2.01. The Balaban J connectivity index is 1.99. The molecule has 19 heavy (non-hydrogen) atoms. The normalized spacial score (nSPS) is 19.0. The quantitative estimate of drug-likeness (QED) is 0.839. The Morgan fingerprint density at radius 3 is 2.95 bits per heavy atom. The zero-order valence-electron chi connectivity index (χ0n) is 11.1. The SMILES string of the molecule is CN(Cc1cc(F)cc(C(N)=S)c1)CC1CCCO1. The van der Waals surface area contributed by atoms with Crippen LogP contribution in [0.25, 0.3) is 0 Å². The van der Waals surface area contributed by atoms with Crippen LogP contribution in [0.5, 0.6) is 0 Å². The van der Waals surface area contributed by atoms with E-state index in [4.69, 9.17) is 22.7 Å². The van der Waals surface area contributed by atoms with Gasteiger partial charge in [-0.15, -0.1) is 0 Å². The van der Waals surface area contributed by atoms with Gasteiger partial charge < -0.3 is 10.5 Å². The van der Waals surface area contributed by atoms with Crippen molar-refractivity contribution < 1.29 is 9.13 Å². The predicted molar refractivity (Wildman–Crippen MR) is 77.6 cm³/mol. The molecule has 1 aliphatic rings. The molecule has 1 fully saturated rings. The molecule has 104 valence electrons. The lowest BCUT2D eigenvalue weighted by molar-refractivity contribution is 0.0793. The van der Waals surface area contributed by atoms with Crippen molar-refractivity contribution in [2.24, 2.45) is 5.73 Å². The summed E-state index contributed by atoms with van der Waals surface area (Å²) in [5.41, 5.74) is 7.00. The van der Waals surface area contributed by atoms with E-state index in [1.54, 1.807) is 0 Å². The molecule has 1 aliphatic heterocycles. The van der Waals surface area contributed by atoms with Crippen LogP contribution in [-0.2, 0) is 11.3 Å². The van der Waals surface area contributed by atoms with Crippen LogP contribution in [0.1, 0.15) is 24.0 Å². The van der Waals surface area contributed by atoms with Crippen LogP contribution in [0.4, 0.5) is 4.39 Å². The molecule has 3 nitrogen and oxygen atoms in total. The first-order valence-corrected chi connectivity index (χ1v) is 6.85. The molecule has 1 heterocycles. The molecule has 0 spiro atoms. The number of benzene rings is 1. The molecule has 1 aromatic rings. The third kappa shape index (κ3) is 4.23. The molecular weight excluding hydrogens is 263 g/mol. The van der Waals surface area contributed by atoms with Crippen molar-refractivity contribution in [3.05, 3.63) is 35.1 Å². The molecule has 5 heteroatoms. The first kappa shape index (κ1) is 14.4. The molecule has 1 aromatic carbocycles. The Morgan fingerprint density at radius 2 is 2.32 bits per heavy atom. The number of nitrogens with zero attached hydrogens (tertiary/aromatic N) is 1. The zero-order chi connectivity index (χ0) is 13.8. The molecule has 0 aliphatic carbocycles. The minimum absolute atomic E-state index is 0.225. The molecule has 0 bridgehead atoms. The highest BCUT2D eigenvalue weighted by atomic mass is 32.1. The Bertz CT molecular complexity index is 461. The number of rotatable bonds is 5. The van der Waals surface area contributed by atoms with Crippen LogP contribution < -0.4 is 5.73 Å². The van der Waals surface area contributed by atoms with E-state index < -0.39 is 0 Å². The third-order valence-electron chi connectivity index (χ3n) is 3.23. The molecule has 1 unspecified atom stereocenters. The number of hydrogen-bond acceptors (Lipinski definition) is 3. The number of thiocarbonyl (C=S) groups is 1. The summed E-state index contributed by atoms with van der Waals surface area (Å²) < 4.78 is 19.1. The van der Waals surface area contributed by atoms with Gasteiger partial charge >= 0.3 is 0 Å². The van der Waals surface area contributed by atoms with E-state index in [-0.39, 0.29) is 10.8 Å². The molecule has 2 rings (SSSR count). The van der Waals surface area contributed by atoms with Gasteiger partial charge in [0.1, 0.15) is 10.8 Å². The van der Waals surface area contributed by atoms with Gasteiger partial charge in [-0.3, -0.25) is 4.90 Å². The Hall–Kier alpha value is -1.04. The minimum Gasteiger partial charge on any atom is -0.389 e. The third-order valence-corrected chi connectivity index (χ3v) is 3.47. The Kier molecular flexibility index (Phi) is 4.85. The summed E-state index contributed by atoms with van der Waals surface area (Å²) >= 11 is 4.89. The van der Waals surface area contributed by atoms with Gasteiger partial charge in [0.15, 0.2) is 0 Å². The molecule has 0 amide bonds.